The van der Waals surface area contributed by atoms with E-state index in [1.807, 2.05) is 28.8 Å². The monoisotopic (exact) mass is 253 g/mol. The van der Waals surface area contributed by atoms with Gasteiger partial charge in [-0.1, -0.05) is 23.7 Å². The third-order valence-corrected chi connectivity index (χ3v) is 2.39. The van der Waals surface area contributed by atoms with Gasteiger partial charge < -0.3 is 4.57 Å². The lowest BCUT2D eigenvalue weighted by molar-refractivity contribution is 0.933. The van der Waals surface area contributed by atoms with Crippen molar-refractivity contribution >= 4 is 24.0 Å². The van der Waals surface area contributed by atoms with E-state index in [4.69, 9.17) is 16.9 Å². The maximum atomic E-state index is 8.64. The first-order valence-corrected chi connectivity index (χ1v) is 4.85. The van der Waals surface area contributed by atoms with Gasteiger partial charge in [-0.05, 0) is 12.1 Å². The van der Waals surface area contributed by atoms with E-state index in [9.17, 15) is 0 Å². The van der Waals surface area contributed by atoms with E-state index < -0.39 is 0 Å². The molecule has 1 heterocycles. The summed E-state index contributed by atoms with van der Waals surface area (Å²) in [6, 6.07) is 9.55. The number of benzene rings is 1. The Kier molecular flexibility index (Phi) is 4.36. The van der Waals surface area contributed by atoms with Crippen LogP contribution in [0.3, 0.4) is 0 Å². The highest BCUT2D eigenvalue weighted by Crippen LogP contribution is 2.20. The largest absolute Gasteiger partial charge is 0.301 e. The Morgan fingerprint density at radius 2 is 2.12 bits per heavy atom. The number of halogens is 2. The number of aromatic nitrogens is 2. The Labute approximate surface area is 105 Å². The van der Waals surface area contributed by atoms with Gasteiger partial charge in [0.05, 0.1) is 23.2 Å². The standard InChI is InChI=1S/C11H8ClN3.ClH/c12-9-3-1-2-4-10(9)15-8-7-14-11(15)5-6-13;/h1-4,7-8H,5H2;1H. The van der Waals surface area contributed by atoms with Gasteiger partial charge in [-0.3, -0.25) is 0 Å². The van der Waals surface area contributed by atoms with Crippen molar-refractivity contribution in [3.8, 4) is 11.8 Å². The SMILES string of the molecule is Cl.N#CCc1nccn1-c1ccccc1Cl. The van der Waals surface area contributed by atoms with Crippen LogP contribution < -0.4 is 0 Å². The summed E-state index contributed by atoms with van der Waals surface area (Å²) in [5.41, 5.74) is 0.849. The zero-order chi connectivity index (χ0) is 10.7. The number of nitrogens with zero attached hydrogens (tertiary/aromatic N) is 3. The molecule has 1 aromatic carbocycles. The Morgan fingerprint density at radius 1 is 1.38 bits per heavy atom. The molecular weight excluding hydrogens is 245 g/mol. The van der Waals surface area contributed by atoms with Crippen LogP contribution in [0.2, 0.25) is 5.02 Å². The second-order valence-corrected chi connectivity index (χ2v) is 3.41. The second kappa shape index (κ2) is 5.55. The quantitative estimate of drug-likeness (QED) is 0.826. The number of para-hydroxylation sites is 1. The molecule has 2 rings (SSSR count). The van der Waals surface area contributed by atoms with E-state index in [2.05, 4.69) is 11.1 Å². The van der Waals surface area contributed by atoms with Crippen LogP contribution in [0.4, 0.5) is 0 Å². The lowest BCUT2D eigenvalue weighted by Gasteiger charge is -2.07. The number of hydrogen-bond donors (Lipinski definition) is 0. The summed E-state index contributed by atoms with van der Waals surface area (Å²) in [6.45, 7) is 0. The number of hydrogen-bond acceptors (Lipinski definition) is 2. The Morgan fingerprint density at radius 3 is 2.81 bits per heavy atom. The fourth-order valence-electron chi connectivity index (χ4n) is 1.40. The number of nitriles is 1. The molecule has 0 unspecified atom stereocenters. The first-order chi connectivity index (χ1) is 7.33. The fourth-order valence-corrected chi connectivity index (χ4v) is 1.63. The molecule has 0 fully saturated rings. The zero-order valence-electron chi connectivity index (χ0n) is 8.30. The minimum absolute atomic E-state index is 0. The van der Waals surface area contributed by atoms with Crippen LogP contribution in [-0.4, -0.2) is 9.55 Å². The second-order valence-electron chi connectivity index (χ2n) is 3.00. The molecule has 0 bridgehead atoms. The normalized spacial score (nSPS) is 9.25. The molecule has 0 aliphatic rings. The molecule has 1 aromatic heterocycles. The van der Waals surface area contributed by atoms with Gasteiger partial charge in [0.1, 0.15) is 5.82 Å². The highest BCUT2D eigenvalue weighted by molar-refractivity contribution is 6.32. The Bertz CT molecular complexity index is 514. The molecule has 0 aliphatic heterocycles. The molecule has 0 saturated heterocycles. The third-order valence-electron chi connectivity index (χ3n) is 2.07. The number of imidazole rings is 1. The van der Waals surface area contributed by atoms with Crippen molar-refractivity contribution in [2.45, 2.75) is 6.42 Å². The Hall–Kier alpha value is -1.50. The van der Waals surface area contributed by atoms with Gasteiger partial charge in [-0.2, -0.15) is 5.26 Å². The molecule has 5 heteroatoms. The van der Waals surface area contributed by atoms with E-state index in [-0.39, 0.29) is 18.8 Å². The summed E-state index contributed by atoms with van der Waals surface area (Å²) in [4.78, 5) is 4.11. The van der Waals surface area contributed by atoms with Crippen molar-refractivity contribution in [1.29, 1.82) is 5.26 Å². The van der Waals surface area contributed by atoms with E-state index in [1.54, 1.807) is 12.4 Å². The van der Waals surface area contributed by atoms with Gasteiger partial charge in [0.2, 0.25) is 0 Å². The van der Waals surface area contributed by atoms with E-state index >= 15 is 0 Å². The zero-order valence-corrected chi connectivity index (χ0v) is 9.87. The van der Waals surface area contributed by atoms with E-state index in [0.29, 0.717) is 10.8 Å². The van der Waals surface area contributed by atoms with Crippen LogP contribution >= 0.6 is 24.0 Å². The van der Waals surface area contributed by atoms with Gasteiger partial charge in [0, 0.05) is 12.4 Å². The summed E-state index contributed by atoms with van der Waals surface area (Å²) >= 11 is 6.06. The van der Waals surface area contributed by atoms with Gasteiger partial charge in [0.25, 0.3) is 0 Å². The maximum Gasteiger partial charge on any atom is 0.127 e. The van der Waals surface area contributed by atoms with Crippen LogP contribution in [-0.2, 0) is 6.42 Å². The van der Waals surface area contributed by atoms with E-state index in [1.165, 1.54) is 0 Å². The van der Waals surface area contributed by atoms with Crippen molar-refractivity contribution in [1.82, 2.24) is 9.55 Å². The highest BCUT2D eigenvalue weighted by atomic mass is 35.5. The summed E-state index contributed by atoms with van der Waals surface area (Å²) in [5.74, 6) is 0.700. The van der Waals surface area contributed by atoms with Gasteiger partial charge in [0.15, 0.2) is 0 Å². The van der Waals surface area contributed by atoms with E-state index in [0.717, 1.165) is 5.69 Å². The molecule has 0 saturated carbocycles. The molecule has 0 radical (unpaired) electrons. The summed E-state index contributed by atoms with van der Waals surface area (Å²) in [7, 11) is 0. The molecule has 0 aliphatic carbocycles. The third kappa shape index (κ3) is 2.35. The summed E-state index contributed by atoms with van der Waals surface area (Å²) in [6.07, 6.45) is 3.74. The Balaban J connectivity index is 0.00000128. The van der Waals surface area contributed by atoms with Gasteiger partial charge >= 0.3 is 0 Å². The average molecular weight is 254 g/mol. The van der Waals surface area contributed by atoms with Crippen molar-refractivity contribution in [2.75, 3.05) is 0 Å². The highest BCUT2D eigenvalue weighted by Gasteiger charge is 2.06. The maximum absolute atomic E-state index is 8.64. The fraction of sp³-hybridized carbons (Fsp3) is 0.0909. The van der Waals surface area contributed by atoms with Crippen LogP contribution in [0.5, 0.6) is 0 Å². The lowest BCUT2D eigenvalue weighted by Crippen LogP contribution is -1.99. The minimum atomic E-state index is 0. The van der Waals surface area contributed by atoms with Gasteiger partial charge in [-0.15, -0.1) is 12.4 Å². The van der Waals surface area contributed by atoms with Crippen LogP contribution in [0.15, 0.2) is 36.7 Å². The molecule has 0 atom stereocenters. The average Bonchev–Trinajstić information content (AvgIpc) is 2.67. The van der Waals surface area contributed by atoms with Crippen molar-refractivity contribution in [3.05, 3.63) is 47.5 Å². The molecule has 82 valence electrons. The van der Waals surface area contributed by atoms with Crippen LogP contribution in [0.25, 0.3) is 5.69 Å². The predicted molar refractivity (Wildman–Crippen MR) is 65.1 cm³/mol. The van der Waals surface area contributed by atoms with Crippen molar-refractivity contribution < 1.29 is 0 Å². The van der Waals surface area contributed by atoms with Crippen LogP contribution in [0, 0.1) is 11.3 Å². The smallest absolute Gasteiger partial charge is 0.127 e. The van der Waals surface area contributed by atoms with Crippen molar-refractivity contribution in [3.63, 3.8) is 0 Å². The first kappa shape index (κ1) is 12.6. The number of rotatable bonds is 2. The predicted octanol–water partition coefficient (Wildman–Crippen LogP) is 3.01. The topological polar surface area (TPSA) is 41.6 Å². The molecule has 2 aromatic rings. The van der Waals surface area contributed by atoms with Crippen molar-refractivity contribution in [2.24, 2.45) is 0 Å². The first-order valence-electron chi connectivity index (χ1n) is 4.47. The van der Waals surface area contributed by atoms with Crippen LogP contribution in [0.1, 0.15) is 5.82 Å². The summed E-state index contributed by atoms with van der Waals surface area (Å²) in [5, 5.41) is 9.29. The molecule has 0 spiro atoms. The molecule has 3 nitrogen and oxygen atoms in total. The molecular formula is C11H9Cl2N3. The molecule has 0 N–H and O–H groups in total. The lowest BCUT2D eigenvalue weighted by atomic mass is 10.3. The van der Waals surface area contributed by atoms with Gasteiger partial charge in [-0.25, -0.2) is 4.98 Å². The summed E-state index contributed by atoms with van der Waals surface area (Å²) < 4.78 is 1.82. The molecule has 16 heavy (non-hydrogen) atoms. The molecule has 0 amide bonds. The minimum Gasteiger partial charge on any atom is -0.301 e.